The first-order valence-corrected chi connectivity index (χ1v) is 9.60. The topological polar surface area (TPSA) is 20.3 Å². The number of benzene rings is 2. The molecule has 2 aromatic carbocycles. The first-order valence-electron chi connectivity index (χ1n) is 9.60. The molecule has 0 atom stereocenters. The molecule has 1 saturated heterocycles. The Morgan fingerprint density at radius 2 is 1.44 bits per heavy atom. The van der Waals surface area contributed by atoms with Crippen molar-refractivity contribution in [1.29, 1.82) is 0 Å². The van der Waals surface area contributed by atoms with Gasteiger partial charge in [-0.2, -0.15) is 0 Å². The molecule has 0 N–H and O–H groups in total. The number of rotatable bonds is 1. The summed E-state index contributed by atoms with van der Waals surface area (Å²) in [5.41, 5.74) is 8.56. The van der Waals surface area contributed by atoms with Crippen molar-refractivity contribution in [3.63, 3.8) is 0 Å². The molecule has 1 aliphatic heterocycles. The van der Waals surface area contributed by atoms with Crippen LogP contribution in [-0.4, -0.2) is 23.9 Å². The Bertz CT molecular complexity index is 816. The van der Waals surface area contributed by atoms with Crippen LogP contribution >= 0.6 is 0 Å². The minimum atomic E-state index is 0.100. The number of fused-ring (bicyclic) bond motifs is 5. The van der Waals surface area contributed by atoms with Crippen LogP contribution in [0, 0.1) is 19.8 Å². The van der Waals surface area contributed by atoms with Gasteiger partial charge in [-0.05, 0) is 61.8 Å². The fraction of sp³-hybridized carbons (Fsp3) is 0.435. The van der Waals surface area contributed by atoms with Crippen molar-refractivity contribution in [2.75, 3.05) is 13.1 Å². The van der Waals surface area contributed by atoms with Crippen LogP contribution in [0.25, 0.3) is 11.1 Å². The van der Waals surface area contributed by atoms with Crippen LogP contribution < -0.4 is 0 Å². The van der Waals surface area contributed by atoms with Gasteiger partial charge < -0.3 is 4.90 Å². The molecular formula is C23H25NO. The van der Waals surface area contributed by atoms with Gasteiger partial charge in [0.2, 0.25) is 5.91 Å². The molecule has 2 aromatic rings. The van der Waals surface area contributed by atoms with E-state index in [2.05, 4.69) is 55.1 Å². The number of nitrogens with zero attached hydrogens (tertiary/aromatic N) is 1. The van der Waals surface area contributed by atoms with Gasteiger partial charge in [0.15, 0.2) is 0 Å². The molecule has 0 unspecified atom stereocenters. The largest absolute Gasteiger partial charge is 0.342 e. The summed E-state index contributed by atoms with van der Waals surface area (Å²) in [5, 5.41) is 0. The lowest BCUT2D eigenvalue weighted by Crippen LogP contribution is -2.45. The molecule has 1 spiro atoms. The second kappa shape index (κ2) is 5.20. The highest BCUT2D eigenvalue weighted by atomic mass is 16.2. The van der Waals surface area contributed by atoms with E-state index < -0.39 is 0 Å². The molecule has 2 fully saturated rings. The summed E-state index contributed by atoms with van der Waals surface area (Å²) in [4.78, 5) is 14.6. The van der Waals surface area contributed by atoms with Crippen molar-refractivity contribution < 1.29 is 4.79 Å². The lowest BCUT2D eigenvalue weighted by molar-refractivity contribution is -0.133. The summed E-state index contributed by atoms with van der Waals surface area (Å²) in [6.45, 7) is 6.17. The van der Waals surface area contributed by atoms with Crippen LogP contribution in [0.4, 0.5) is 0 Å². The molecule has 1 amide bonds. The fourth-order valence-corrected chi connectivity index (χ4v) is 4.96. The first-order chi connectivity index (χ1) is 12.1. The van der Waals surface area contributed by atoms with Gasteiger partial charge in [0.05, 0.1) is 0 Å². The Hall–Kier alpha value is -2.09. The summed E-state index contributed by atoms with van der Waals surface area (Å²) < 4.78 is 0. The van der Waals surface area contributed by atoms with Gasteiger partial charge >= 0.3 is 0 Å². The Balaban J connectivity index is 1.58. The monoisotopic (exact) mass is 331 g/mol. The van der Waals surface area contributed by atoms with Gasteiger partial charge in [-0.1, -0.05) is 47.5 Å². The van der Waals surface area contributed by atoms with E-state index in [0.717, 1.165) is 38.8 Å². The summed E-state index contributed by atoms with van der Waals surface area (Å²) in [7, 11) is 0. The number of likely N-dealkylation sites (tertiary alicyclic amines) is 1. The van der Waals surface area contributed by atoms with Gasteiger partial charge in [0, 0.05) is 24.4 Å². The van der Waals surface area contributed by atoms with E-state index in [-0.39, 0.29) is 5.41 Å². The summed E-state index contributed by atoms with van der Waals surface area (Å²) in [6.07, 6.45) is 4.31. The van der Waals surface area contributed by atoms with E-state index in [1.807, 2.05) is 0 Å². The molecule has 0 bridgehead atoms. The SMILES string of the molecule is Cc1ccc2c(c1)C1(CCN(C(=O)C3CC3)CC1)c1cc(C)ccc1-2. The normalized spacial score (nSPS) is 20.5. The molecule has 0 radical (unpaired) electrons. The maximum absolute atomic E-state index is 12.5. The molecule has 25 heavy (non-hydrogen) atoms. The van der Waals surface area contributed by atoms with Crippen LogP contribution in [-0.2, 0) is 10.2 Å². The second-order valence-electron chi connectivity index (χ2n) is 8.28. The number of hydrogen-bond donors (Lipinski definition) is 0. The quantitative estimate of drug-likeness (QED) is 0.748. The number of aryl methyl sites for hydroxylation is 2. The maximum atomic E-state index is 12.5. The fourth-order valence-electron chi connectivity index (χ4n) is 4.96. The predicted molar refractivity (Wildman–Crippen MR) is 101 cm³/mol. The zero-order valence-corrected chi connectivity index (χ0v) is 15.1. The average molecular weight is 331 g/mol. The van der Waals surface area contributed by atoms with Crippen LogP contribution in [0.5, 0.6) is 0 Å². The van der Waals surface area contributed by atoms with Gasteiger partial charge in [0.25, 0.3) is 0 Å². The lowest BCUT2D eigenvalue weighted by atomic mass is 9.70. The number of piperidine rings is 1. The van der Waals surface area contributed by atoms with Crippen LogP contribution in [0.2, 0.25) is 0 Å². The molecule has 128 valence electrons. The molecule has 2 aliphatic carbocycles. The molecule has 1 heterocycles. The number of hydrogen-bond acceptors (Lipinski definition) is 1. The van der Waals surface area contributed by atoms with Gasteiger partial charge in [-0.25, -0.2) is 0 Å². The van der Waals surface area contributed by atoms with Crippen LogP contribution in [0.1, 0.15) is 47.9 Å². The van der Waals surface area contributed by atoms with Crippen LogP contribution in [0.15, 0.2) is 36.4 Å². The Labute approximate surface area is 149 Å². The van der Waals surface area contributed by atoms with E-state index in [1.165, 1.54) is 33.4 Å². The van der Waals surface area contributed by atoms with Gasteiger partial charge in [-0.15, -0.1) is 0 Å². The van der Waals surface area contributed by atoms with E-state index >= 15 is 0 Å². The van der Waals surface area contributed by atoms with Crippen molar-refractivity contribution in [1.82, 2.24) is 4.90 Å². The minimum Gasteiger partial charge on any atom is -0.342 e. The number of carbonyl (C=O) groups excluding carboxylic acids is 1. The Morgan fingerprint density at radius 1 is 0.920 bits per heavy atom. The smallest absolute Gasteiger partial charge is 0.225 e. The second-order valence-corrected chi connectivity index (χ2v) is 8.28. The highest BCUT2D eigenvalue weighted by molar-refractivity contribution is 5.83. The summed E-state index contributed by atoms with van der Waals surface area (Å²) in [6, 6.07) is 13.8. The molecule has 5 rings (SSSR count). The van der Waals surface area contributed by atoms with Crippen molar-refractivity contribution in [3.05, 3.63) is 58.7 Å². The van der Waals surface area contributed by atoms with E-state index in [4.69, 9.17) is 0 Å². The van der Waals surface area contributed by atoms with E-state index in [0.29, 0.717) is 11.8 Å². The van der Waals surface area contributed by atoms with E-state index in [1.54, 1.807) is 0 Å². The van der Waals surface area contributed by atoms with Crippen molar-refractivity contribution >= 4 is 5.91 Å². The van der Waals surface area contributed by atoms with Crippen molar-refractivity contribution in [2.24, 2.45) is 5.92 Å². The van der Waals surface area contributed by atoms with Gasteiger partial charge in [0.1, 0.15) is 0 Å². The number of amides is 1. The molecule has 0 aromatic heterocycles. The minimum absolute atomic E-state index is 0.100. The predicted octanol–water partition coefficient (Wildman–Crippen LogP) is 4.60. The number of carbonyl (C=O) groups is 1. The standard InChI is InChI=1S/C23H25NO/c1-15-3-7-18-19-8-4-16(2)14-21(19)23(20(18)13-15)9-11-24(12-10-23)22(25)17-5-6-17/h3-4,7-8,13-14,17H,5-6,9-12H2,1-2H3. The molecular weight excluding hydrogens is 306 g/mol. The third-order valence-electron chi connectivity index (χ3n) is 6.53. The third-order valence-corrected chi connectivity index (χ3v) is 6.53. The third kappa shape index (κ3) is 2.19. The zero-order chi connectivity index (χ0) is 17.2. The molecule has 3 aliphatic rings. The van der Waals surface area contributed by atoms with E-state index in [9.17, 15) is 4.79 Å². The molecule has 2 heteroatoms. The highest BCUT2D eigenvalue weighted by Crippen LogP contribution is 2.54. The Kier molecular flexibility index (Phi) is 3.16. The summed E-state index contributed by atoms with van der Waals surface area (Å²) in [5.74, 6) is 0.739. The van der Waals surface area contributed by atoms with Crippen molar-refractivity contribution in [2.45, 2.75) is 44.9 Å². The van der Waals surface area contributed by atoms with Gasteiger partial charge in [-0.3, -0.25) is 4.79 Å². The maximum Gasteiger partial charge on any atom is 0.225 e. The average Bonchev–Trinajstić information content (AvgIpc) is 3.43. The highest BCUT2D eigenvalue weighted by Gasteiger charge is 2.46. The Morgan fingerprint density at radius 3 is 1.92 bits per heavy atom. The summed E-state index contributed by atoms with van der Waals surface area (Å²) >= 11 is 0. The van der Waals surface area contributed by atoms with Crippen LogP contribution in [0.3, 0.4) is 0 Å². The zero-order valence-electron chi connectivity index (χ0n) is 15.1. The molecule has 1 saturated carbocycles. The molecule has 2 nitrogen and oxygen atoms in total. The first kappa shape index (κ1) is 15.2. The van der Waals surface area contributed by atoms with Crippen molar-refractivity contribution in [3.8, 4) is 11.1 Å². The lowest BCUT2D eigenvalue weighted by Gasteiger charge is -2.41.